The van der Waals surface area contributed by atoms with Gasteiger partial charge in [-0.15, -0.1) is 0 Å². The summed E-state index contributed by atoms with van der Waals surface area (Å²) in [5, 5.41) is 7.48. The first-order chi connectivity index (χ1) is 22.2. The van der Waals surface area contributed by atoms with Crippen molar-refractivity contribution in [1.29, 1.82) is 0 Å². The Morgan fingerprint density at radius 1 is 0.761 bits per heavy atom. The van der Waals surface area contributed by atoms with E-state index in [1.54, 1.807) is 62.8 Å². The molecular weight excluding hydrogens is 631 g/mol. The number of halogens is 2. The first-order valence-electron chi connectivity index (χ1n) is 14.5. The molecule has 1 aliphatic rings. The molecule has 244 valence electrons. The maximum atomic E-state index is 12.9. The predicted octanol–water partition coefficient (Wildman–Crippen LogP) is 7.51. The van der Waals surface area contributed by atoms with E-state index in [1.165, 1.54) is 0 Å². The van der Waals surface area contributed by atoms with Crippen LogP contribution in [0, 0.1) is 0 Å². The highest BCUT2D eigenvalue weighted by Crippen LogP contribution is 2.36. The van der Waals surface area contributed by atoms with Gasteiger partial charge in [0.05, 0.1) is 46.4 Å². The predicted molar refractivity (Wildman–Crippen MR) is 184 cm³/mol. The van der Waals surface area contributed by atoms with E-state index in [2.05, 4.69) is 20.6 Å². The van der Waals surface area contributed by atoms with Crippen LogP contribution in [-0.2, 0) is 13.1 Å². The Hall–Kier alpha value is -4.61. The fourth-order valence-corrected chi connectivity index (χ4v) is 5.13. The Morgan fingerprint density at radius 2 is 1.33 bits per heavy atom. The van der Waals surface area contributed by atoms with Gasteiger partial charge in [-0.1, -0.05) is 23.2 Å². The van der Waals surface area contributed by atoms with Crippen molar-refractivity contribution in [1.82, 2.24) is 9.97 Å². The summed E-state index contributed by atoms with van der Waals surface area (Å²) in [6.45, 7) is 6.34. The number of ether oxygens (including phenoxy) is 4. The van der Waals surface area contributed by atoms with Gasteiger partial charge in [0, 0.05) is 90.9 Å². The number of aromatic nitrogens is 2. The second-order valence-electron chi connectivity index (χ2n) is 9.97. The van der Waals surface area contributed by atoms with Crippen molar-refractivity contribution in [2.75, 3.05) is 62.0 Å². The third kappa shape index (κ3) is 8.35. The molecule has 2 amide bonds. The van der Waals surface area contributed by atoms with E-state index in [1.807, 2.05) is 50.2 Å². The molecule has 13 heteroatoms. The molecule has 0 atom stereocenters. The standard InChI is InChI=1S/C17H18ClN3O3.C16H20ClN3O2/c1-4-20-15-8-16(18)19-9-11(15)10-21(17(20)22)12-5-13(23-2)7-14(6-12)24-3;1-4-18-15-8-16(17)20-10-11(15)9-19-12-5-13(21-2)7-14(6-12)22-3/h5-9H,4,10H2,1-3H3;5-8,10,19H,4,9H2,1-3H3,(H,18,20). The van der Waals surface area contributed by atoms with Gasteiger partial charge in [0.15, 0.2) is 0 Å². The molecule has 0 bridgehead atoms. The average Bonchev–Trinajstić information content (AvgIpc) is 3.07. The summed E-state index contributed by atoms with van der Waals surface area (Å²) in [7, 11) is 6.42. The zero-order chi connectivity index (χ0) is 33.2. The lowest BCUT2D eigenvalue weighted by molar-refractivity contribution is 0.250. The molecule has 5 rings (SSSR count). The van der Waals surface area contributed by atoms with Crippen molar-refractivity contribution >= 4 is 52.0 Å². The number of anilines is 4. The van der Waals surface area contributed by atoms with Crippen molar-refractivity contribution in [3.8, 4) is 23.0 Å². The van der Waals surface area contributed by atoms with E-state index in [9.17, 15) is 4.79 Å². The number of methoxy groups -OCH3 is 4. The van der Waals surface area contributed by atoms with Gasteiger partial charge in [-0.05, 0) is 26.0 Å². The van der Waals surface area contributed by atoms with Gasteiger partial charge in [0.1, 0.15) is 33.3 Å². The lowest BCUT2D eigenvalue weighted by Gasteiger charge is -2.36. The van der Waals surface area contributed by atoms with E-state index >= 15 is 0 Å². The SMILES string of the molecule is CCN1C(=O)N(c2cc(OC)cc(OC)c2)Cc2cnc(Cl)cc21.CCNc1cc(Cl)ncc1CNc1cc(OC)cc(OC)c1. The Balaban J connectivity index is 0.000000210. The molecule has 0 unspecified atom stereocenters. The van der Waals surface area contributed by atoms with Crippen LogP contribution in [-0.4, -0.2) is 57.5 Å². The van der Waals surface area contributed by atoms with E-state index < -0.39 is 0 Å². The number of nitrogens with one attached hydrogen (secondary N) is 2. The quantitative estimate of drug-likeness (QED) is 0.157. The molecule has 46 heavy (non-hydrogen) atoms. The van der Waals surface area contributed by atoms with Crippen LogP contribution in [0.2, 0.25) is 10.3 Å². The Morgan fingerprint density at radius 3 is 1.89 bits per heavy atom. The number of nitrogens with zero attached hydrogens (tertiary/aromatic N) is 4. The number of hydrogen-bond acceptors (Lipinski definition) is 9. The van der Waals surface area contributed by atoms with Crippen molar-refractivity contribution in [2.24, 2.45) is 0 Å². The highest BCUT2D eigenvalue weighted by atomic mass is 35.5. The molecule has 2 aromatic heterocycles. The number of amides is 2. The molecule has 2 N–H and O–H groups in total. The van der Waals surface area contributed by atoms with Crippen LogP contribution in [0.1, 0.15) is 25.0 Å². The van der Waals surface area contributed by atoms with Gasteiger partial charge in [-0.2, -0.15) is 0 Å². The largest absolute Gasteiger partial charge is 0.497 e. The highest BCUT2D eigenvalue weighted by molar-refractivity contribution is 6.30. The summed E-state index contributed by atoms with van der Waals surface area (Å²) in [5.41, 5.74) is 5.36. The number of rotatable bonds is 11. The van der Waals surface area contributed by atoms with Crippen LogP contribution in [0.3, 0.4) is 0 Å². The summed E-state index contributed by atoms with van der Waals surface area (Å²) in [4.78, 5) is 24.6. The third-order valence-electron chi connectivity index (χ3n) is 7.13. The summed E-state index contributed by atoms with van der Waals surface area (Å²) in [6.07, 6.45) is 3.47. The van der Waals surface area contributed by atoms with Crippen molar-refractivity contribution in [2.45, 2.75) is 26.9 Å². The number of urea groups is 1. The van der Waals surface area contributed by atoms with Crippen LogP contribution < -0.4 is 39.4 Å². The minimum Gasteiger partial charge on any atom is -0.497 e. The van der Waals surface area contributed by atoms with Crippen LogP contribution in [0.4, 0.5) is 27.5 Å². The van der Waals surface area contributed by atoms with Gasteiger partial charge in [0.2, 0.25) is 0 Å². The van der Waals surface area contributed by atoms with Gasteiger partial charge in [-0.25, -0.2) is 14.8 Å². The minimum absolute atomic E-state index is 0.123. The first kappa shape index (κ1) is 34.3. The van der Waals surface area contributed by atoms with Gasteiger partial charge in [-0.3, -0.25) is 9.80 Å². The van der Waals surface area contributed by atoms with E-state index in [0.29, 0.717) is 47.1 Å². The normalized spacial score (nSPS) is 12.0. The summed E-state index contributed by atoms with van der Waals surface area (Å²) >= 11 is 11.9. The Kier molecular flexibility index (Phi) is 12.0. The third-order valence-corrected chi connectivity index (χ3v) is 7.54. The summed E-state index contributed by atoms with van der Waals surface area (Å²) in [5.74, 6) is 2.73. The number of benzene rings is 2. The lowest BCUT2D eigenvalue weighted by Crippen LogP contribution is -2.47. The Labute approximate surface area is 279 Å². The molecule has 3 heterocycles. The maximum Gasteiger partial charge on any atom is 0.329 e. The molecular formula is C33H38Cl2N6O5. The molecule has 11 nitrogen and oxygen atoms in total. The number of carbonyl (C=O) groups is 1. The molecule has 0 aliphatic carbocycles. The molecule has 0 fully saturated rings. The van der Waals surface area contributed by atoms with Gasteiger partial charge in [0.25, 0.3) is 0 Å². The molecule has 0 spiro atoms. The topological polar surface area (TPSA) is 110 Å². The first-order valence-corrected chi connectivity index (χ1v) is 15.3. The van der Waals surface area contributed by atoms with Crippen LogP contribution in [0.15, 0.2) is 60.9 Å². The van der Waals surface area contributed by atoms with Crippen LogP contribution in [0.5, 0.6) is 23.0 Å². The Bertz CT molecular complexity index is 1610. The zero-order valence-electron chi connectivity index (χ0n) is 26.7. The van der Waals surface area contributed by atoms with Gasteiger partial charge < -0.3 is 29.6 Å². The zero-order valence-corrected chi connectivity index (χ0v) is 28.2. The van der Waals surface area contributed by atoms with Gasteiger partial charge >= 0.3 is 6.03 Å². The molecule has 0 saturated heterocycles. The number of hydrogen-bond donors (Lipinski definition) is 2. The number of carbonyl (C=O) groups excluding carboxylic acids is 1. The monoisotopic (exact) mass is 668 g/mol. The van der Waals surface area contributed by atoms with E-state index in [-0.39, 0.29) is 6.03 Å². The highest BCUT2D eigenvalue weighted by Gasteiger charge is 2.31. The van der Waals surface area contributed by atoms with Crippen LogP contribution >= 0.6 is 23.2 Å². The maximum absolute atomic E-state index is 12.9. The fourth-order valence-electron chi connectivity index (χ4n) is 4.82. The second-order valence-corrected chi connectivity index (χ2v) is 10.7. The van der Waals surface area contributed by atoms with E-state index in [4.69, 9.17) is 42.1 Å². The molecule has 2 aromatic carbocycles. The fraction of sp³-hybridized carbons (Fsp3) is 0.303. The minimum atomic E-state index is -0.123. The van der Waals surface area contributed by atoms with Crippen molar-refractivity contribution in [3.63, 3.8) is 0 Å². The smallest absolute Gasteiger partial charge is 0.329 e. The summed E-state index contributed by atoms with van der Waals surface area (Å²) in [6, 6.07) is 14.5. The van der Waals surface area contributed by atoms with Crippen molar-refractivity contribution in [3.05, 3.63) is 82.4 Å². The summed E-state index contributed by atoms with van der Waals surface area (Å²) < 4.78 is 21.1. The molecule has 1 aliphatic heterocycles. The molecule has 0 saturated carbocycles. The molecule has 0 radical (unpaired) electrons. The second kappa shape index (κ2) is 16.1. The van der Waals surface area contributed by atoms with Crippen molar-refractivity contribution < 1.29 is 23.7 Å². The van der Waals surface area contributed by atoms with Crippen LogP contribution in [0.25, 0.3) is 0 Å². The number of pyridine rings is 2. The van der Waals surface area contributed by atoms with E-state index in [0.717, 1.165) is 46.2 Å². The lowest BCUT2D eigenvalue weighted by atomic mass is 10.1. The molecule has 4 aromatic rings. The number of fused-ring (bicyclic) bond motifs is 1. The average molecular weight is 670 g/mol.